The molecule has 0 fully saturated rings. The first-order valence-electron chi connectivity index (χ1n) is 18.6. The van der Waals surface area contributed by atoms with Crippen molar-refractivity contribution in [2.75, 3.05) is 10.6 Å². The van der Waals surface area contributed by atoms with Crippen molar-refractivity contribution in [3.63, 3.8) is 0 Å². The lowest BCUT2D eigenvalue weighted by Crippen LogP contribution is -2.43. The van der Waals surface area contributed by atoms with Gasteiger partial charge in [-0.15, -0.1) is 11.1 Å². The summed E-state index contributed by atoms with van der Waals surface area (Å²) in [6.07, 6.45) is 0. The average Bonchev–Trinajstić information content (AvgIpc) is 3.05. The fourth-order valence-electron chi connectivity index (χ4n) is 9.30. The second kappa shape index (κ2) is 13.6. The minimum atomic E-state index is -2.04. The van der Waals surface area contributed by atoms with Gasteiger partial charge in [-0.05, 0) is 56.2 Å². The number of benzene rings is 4. The maximum Gasteiger partial charge on any atom is 0.174 e. The molecule has 6 heteroatoms. The number of aromatic nitrogens is 2. The summed E-state index contributed by atoms with van der Waals surface area (Å²) in [6, 6.07) is 21.5. The number of nitrogens with zero attached hydrogens (tertiary/aromatic N) is 2. The Kier molecular flexibility index (Phi) is 9.68. The Hall–Kier alpha value is -4.11. The lowest BCUT2D eigenvalue weighted by atomic mass is 9.97. The Morgan fingerprint density at radius 2 is 0.800 bits per heavy atom. The highest BCUT2D eigenvalue weighted by atomic mass is 28.3. The Balaban J connectivity index is 1.70. The zero-order valence-electron chi connectivity index (χ0n) is 32.1. The molecule has 5 aromatic rings. The number of rotatable bonds is 6. The summed E-state index contributed by atoms with van der Waals surface area (Å²) in [5, 5.41) is 11.8. The highest BCUT2D eigenvalue weighted by Crippen LogP contribution is 2.44. The summed E-state index contributed by atoms with van der Waals surface area (Å²) < 4.78 is 0. The molecular formula is C44H54N4Si2. The smallest absolute Gasteiger partial charge is 0.174 e. The second-order valence-electron chi connectivity index (χ2n) is 16.2. The zero-order chi connectivity index (χ0) is 36.1. The molecule has 2 N–H and O–H groups in total. The number of hydrogen-bond donors (Lipinski definition) is 2. The van der Waals surface area contributed by atoms with Crippen LogP contribution >= 0.6 is 0 Å². The van der Waals surface area contributed by atoms with Crippen molar-refractivity contribution in [2.24, 2.45) is 0 Å². The fraction of sp³-hybridized carbons (Fsp3) is 0.409. The molecule has 0 amide bonds. The molecule has 50 heavy (non-hydrogen) atoms. The molecule has 0 radical (unpaired) electrons. The van der Waals surface area contributed by atoms with Crippen LogP contribution in [0.2, 0.25) is 33.2 Å². The van der Waals surface area contributed by atoms with Gasteiger partial charge in [0.15, 0.2) is 11.6 Å². The largest absolute Gasteiger partial charge is 0.335 e. The molecule has 6 rings (SSSR count). The monoisotopic (exact) mass is 694 g/mol. The van der Waals surface area contributed by atoms with Gasteiger partial charge in [-0.2, -0.15) is 0 Å². The molecule has 0 atom stereocenters. The van der Waals surface area contributed by atoms with Crippen molar-refractivity contribution in [3.05, 3.63) is 71.8 Å². The summed E-state index contributed by atoms with van der Waals surface area (Å²) in [6.45, 7) is 28.5. The van der Waals surface area contributed by atoms with Crippen molar-refractivity contribution < 1.29 is 0 Å². The minimum absolute atomic E-state index is 0.523. The molecule has 0 bridgehead atoms. The first kappa shape index (κ1) is 35.7. The lowest BCUT2D eigenvalue weighted by Gasteiger charge is -2.38. The standard InChI is InChI=1S/C44H54N4Si2/c1-27(2)49(28(3)4,29(5)6)23-21-37-35-19-15-16-20-36(35)38(22-24-50(30(7)8,31(9)10)32(11)12)42-41(37)47-43-44(48-42)46-40-26-34-18-14-13-17-33(34)25-39(40)45-43/h13-20,25-32H,1-12H3,(H,45,47)(H,46,48). The van der Waals surface area contributed by atoms with Crippen LogP contribution in [0.25, 0.3) is 32.6 Å². The Morgan fingerprint density at radius 3 is 1.12 bits per heavy atom. The van der Waals surface area contributed by atoms with Gasteiger partial charge in [0, 0.05) is 10.8 Å². The van der Waals surface area contributed by atoms with E-state index in [1.807, 2.05) is 0 Å². The summed E-state index contributed by atoms with van der Waals surface area (Å²) in [4.78, 5) is 10.8. The number of nitrogens with one attached hydrogen (secondary N) is 2. The molecular weight excluding hydrogens is 641 g/mol. The van der Waals surface area contributed by atoms with Crippen molar-refractivity contribution >= 4 is 71.7 Å². The maximum absolute atomic E-state index is 5.41. The molecule has 0 saturated carbocycles. The van der Waals surface area contributed by atoms with Crippen LogP contribution in [0.5, 0.6) is 0 Å². The van der Waals surface area contributed by atoms with E-state index in [-0.39, 0.29) is 0 Å². The zero-order valence-corrected chi connectivity index (χ0v) is 34.1. The van der Waals surface area contributed by atoms with Crippen LogP contribution in [0.3, 0.4) is 0 Å². The number of fused-ring (bicyclic) bond motifs is 5. The highest BCUT2D eigenvalue weighted by Gasteiger charge is 2.43. The molecule has 0 spiro atoms. The fourth-order valence-corrected chi connectivity index (χ4v) is 19.7. The van der Waals surface area contributed by atoms with E-state index in [2.05, 4.69) is 177 Å². The summed E-state index contributed by atoms with van der Waals surface area (Å²) in [5.41, 5.74) is 16.7. The SMILES string of the molecule is CC(C)[Si](C#Cc1c2ccccc2c(C#C[Si](C(C)C)(C(C)C)C(C)C)c2nc3c(nc12)Nc1cc2ccccc2cc1N3)(C(C)C)C(C)C. The molecule has 0 aliphatic carbocycles. The van der Waals surface area contributed by atoms with E-state index in [9.17, 15) is 0 Å². The Labute approximate surface area is 302 Å². The highest BCUT2D eigenvalue weighted by molar-refractivity contribution is 6.91. The minimum Gasteiger partial charge on any atom is -0.335 e. The predicted molar refractivity (Wildman–Crippen MR) is 223 cm³/mol. The molecule has 0 saturated heterocycles. The van der Waals surface area contributed by atoms with Gasteiger partial charge in [0.1, 0.15) is 27.2 Å². The molecule has 1 aliphatic rings. The predicted octanol–water partition coefficient (Wildman–Crippen LogP) is 12.9. The van der Waals surface area contributed by atoms with E-state index in [4.69, 9.17) is 9.97 Å². The topological polar surface area (TPSA) is 49.8 Å². The first-order valence-corrected chi connectivity index (χ1v) is 23.1. The van der Waals surface area contributed by atoms with Gasteiger partial charge >= 0.3 is 0 Å². The molecule has 4 nitrogen and oxygen atoms in total. The van der Waals surface area contributed by atoms with Crippen molar-refractivity contribution in [2.45, 2.75) is 116 Å². The van der Waals surface area contributed by atoms with Crippen LogP contribution in [0, 0.1) is 22.9 Å². The van der Waals surface area contributed by atoms with E-state index in [0.717, 1.165) is 44.3 Å². The van der Waals surface area contributed by atoms with Crippen LogP contribution < -0.4 is 10.6 Å². The van der Waals surface area contributed by atoms with Crippen LogP contribution in [0.4, 0.5) is 23.0 Å². The van der Waals surface area contributed by atoms with Gasteiger partial charge < -0.3 is 10.6 Å². The average molecular weight is 695 g/mol. The molecule has 1 aliphatic heterocycles. The van der Waals surface area contributed by atoms with Crippen molar-refractivity contribution in [1.29, 1.82) is 0 Å². The molecule has 1 aromatic heterocycles. The molecule has 258 valence electrons. The van der Waals surface area contributed by atoms with E-state index in [0.29, 0.717) is 44.9 Å². The van der Waals surface area contributed by atoms with E-state index >= 15 is 0 Å². The molecule has 4 aromatic carbocycles. The van der Waals surface area contributed by atoms with Gasteiger partial charge in [-0.1, -0.05) is 143 Å². The van der Waals surface area contributed by atoms with E-state index < -0.39 is 16.1 Å². The molecule has 2 heterocycles. The summed E-state index contributed by atoms with van der Waals surface area (Å²) in [5.74, 6) is 9.11. The Bertz CT molecular complexity index is 2020. The van der Waals surface area contributed by atoms with Crippen LogP contribution in [-0.4, -0.2) is 26.1 Å². The van der Waals surface area contributed by atoms with Crippen LogP contribution in [-0.2, 0) is 0 Å². The van der Waals surface area contributed by atoms with Gasteiger partial charge in [-0.3, -0.25) is 0 Å². The van der Waals surface area contributed by atoms with Crippen molar-refractivity contribution in [3.8, 4) is 22.9 Å². The van der Waals surface area contributed by atoms with Gasteiger partial charge in [0.2, 0.25) is 0 Å². The third-order valence-corrected chi connectivity index (χ3v) is 24.3. The van der Waals surface area contributed by atoms with Crippen LogP contribution in [0.15, 0.2) is 60.7 Å². The van der Waals surface area contributed by atoms with Gasteiger partial charge in [0.05, 0.1) is 22.5 Å². The number of hydrogen-bond acceptors (Lipinski definition) is 4. The summed E-state index contributed by atoms with van der Waals surface area (Å²) >= 11 is 0. The van der Waals surface area contributed by atoms with E-state index in [1.54, 1.807) is 0 Å². The normalized spacial score (nSPS) is 13.1. The third kappa shape index (κ3) is 5.81. The first-order chi connectivity index (χ1) is 23.7. The molecule has 0 unspecified atom stereocenters. The quantitative estimate of drug-likeness (QED) is 0.103. The summed E-state index contributed by atoms with van der Waals surface area (Å²) in [7, 11) is -4.08. The van der Waals surface area contributed by atoms with E-state index in [1.165, 1.54) is 10.8 Å². The van der Waals surface area contributed by atoms with Crippen molar-refractivity contribution in [1.82, 2.24) is 9.97 Å². The van der Waals surface area contributed by atoms with Crippen LogP contribution in [0.1, 0.15) is 94.2 Å². The van der Waals surface area contributed by atoms with Gasteiger partial charge in [0.25, 0.3) is 0 Å². The Morgan fingerprint density at radius 1 is 0.480 bits per heavy atom. The second-order valence-corrected chi connectivity index (χ2v) is 27.4. The number of anilines is 4. The lowest BCUT2D eigenvalue weighted by molar-refractivity contribution is 0.838. The van der Waals surface area contributed by atoms with Gasteiger partial charge in [-0.25, -0.2) is 9.97 Å². The third-order valence-electron chi connectivity index (χ3n) is 11.8. The maximum atomic E-state index is 5.41.